The molecule has 1 aromatic heterocycles. The second kappa shape index (κ2) is 5.83. The maximum atomic E-state index is 12.7. The number of hydrogen-bond acceptors (Lipinski definition) is 3. The summed E-state index contributed by atoms with van der Waals surface area (Å²) in [5.41, 5.74) is 1.04. The van der Waals surface area contributed by atoms with Crippen LogP contribution in [0, 0.1) is 12.8 Å². The largest absolute Gasteiger partial charge is 0.242 e. The topological polar surface area (TPSA) is 46.2 Å². The molecule has 1 aliphatic carbocycles. The number of halogens is 1. The molecule has 1 aromatic carbocycles. The van der Waals surface area contributed by atoms with E-state index in [0.717, 1.165) is 27.1 Å². The second-order valence-corrected chi connectivity index (χ2v) is 9.64. The van der Waals surface area contributed by atoms with Gasteiger partial charge in [0.15, 0.2) is 0 Å². The van der Waals surface area contributed by atoms with Crippen LogP contribution in [0.15, 0.2) is 45.1 Å². The summed E-state index contributed by atoms with van der Waals surface area (Å²) >= 11 is 4.79. The molecule has 1 heterocycles. The maximum absolute atomic E-state index is 12.7. The molecule has 3 nitrogen and oxygen atoms in total. The third-order valence-electron chi connectivity index (χ3n) is 3.67. The zero-order chi connectivity index (χ0) is 15.0. The Labute approximate surface area is 137 Å². The van der Waals surface area contributed by atoms with E-state index in [1.165, 1.54) is 11.3 Å². The van der Waals surface area contributed by atoms with Gasteiger partial charge in [-0.2, -0.15) is 0 Å². The van der Waals surface area contributed by atoms with Crippen LogP contribution in [-0.4, -0.2) is 8.42 Å². The zero-order valence-corrected chi connectivity index (χ0v) is 14.8. The first kappa shape index (κ1) is 15.2. The van der Waals surface area contributed by atoms with Crippen molar-refractivity contribution in [2.24, 2.45) is 5.92 Å². The predicted molar refractivity (Wildman–Crippen MR) is 89.0 cm³/mol. The fourth-order valence-electron chi connectivity index (χ4n) is 2.45. The summed E-state index contributed by atoms with van der Waals surface area (Å²) in [5, 5.41) is 0. The van der Waals surface area contributed by atoms with Crippen molar-refractivity contribution in [3.63, 3.8) is 0 Å². The summed E-state index contributed by atoms with van der Waals surface area (Å²) < 4.78 is 29.1. The highest BCUT2D eigenvalue weighted by atomic mass is 79.9. The van der Waals surface area contributed by atoms with Crippen LogP contribution in [0.5, 0.6) is 0 Å². The molecule has 1 atom stereocenters. The van der Waals surface area contributed by atoms with Gasteiger partial charge >= 0.3 is 0 Å². The molecule has 2 aromatic rings. The Morgan fingerprint density at radius 3 is 2.48 bits per heavy atom. The SMILES string of the molecule is Cc1sc(Br)cc1S(=O)(=O)NC(c1ccccc1)C1CC1. The van der Waals surface area contributed by atoms with E-state index in [9.17, 15) is 8.42 Å². The number of hydrogen-bond donors (Lipinski definition) is 1. The summed E-state index contributed by atoms with van der Waals surface area (Å²) in [4.78, 5) is 1.18. The molecule has 21 heavy (non-hydrogen) atoms. The molecular weight excluding hydrogens is 370 g/mol. The molecule has 1 N–H and O–H groups in total. The Balaban J connectivity index is 1.91. The third kappa shape index (κ3) is 3.39. The molecule has 0 saturated heterocycles. The zero-order valence-electron chi connectivity index (χ0n) is 11.5. The van der Waals surface area contributed by atoms with Gasteiger partial charge in [-0.05, 0) is 53.2 Å². The fraction of sp³-hybridized carbons (Fsp3) is 0.333. The van der Waals surface area contributed by atoms with Gasteiger partial charge in [-0.15, -0.1) is 11.3 Å². The number of aryl methyl sites for hydroxylation is 1. The van der Waals surface area contributed by atoms with Gasteiger partial charge in [-0.25, -0.2) is 13.1 Å². The van der Waals surface area contributed by atoms with E-state index in [-0.39, 0.29) is 6.04 Å². The van der Waals surface area contributed by atoms with Crippen molar-refractivity contribution in [1.82, 2.24) is 4.72 Å². The van der Waals surface area contributed by atoms with Crippen molar-refractivity contribution in [3.8, 4) is 0 Å². The average Bonchev–Trinajstić information content (AvgIpc) is 3.22. The Morgan fingerprint density at radius 2 is 1.95 bits per heavy atom. The summed E-state index contributed by atoms with van der Waals surface area (Å²) in [6.45, 7) is 1.83. The first-order valence-electron chi connectivity index (χ1n) is 6.80. The van der Waals surface area contributed by atoms with Crippen molar-refractivity contribution in [3.05, 3.63) is 50.6 Å². The lowest BCUT2D eigenvalue weighted by Gasteiger charge is -2.18. The molecule has 0 amide bonds. The van der Waals surface area contributed by atoms with Gasteiger partial charge in [-0.1, -0.05) is 30.3 Å². The Kier molecular flexibility index (Phi) is 4.23. The van der Waals surface area contributed by atoms with Crippen LogP contribution >= 0.6 is 27.3 Å². The summed E-state index contributed by atoms with van der Waals surface area (Å²) in [6.07, 6.45) is 2.16. The molecular formula is C15H16BrNO2S2. The van der Waals surface area contributed by atoms with Crippen LogP contribution in [0.25, 0.3) is 0 Å². The smallest absolute Gasteiger partial charge is 0.207 e. The van der Waals surface area contributed by atoms with E-state index in [2.05, 4.69) is 20.7 Å². The Bertz CT molecular complexity index is 736. The van der Waals surface area contributed by atoms with Crippen LogP contribution < -0.4 is 4.72 Å². The van der Waals surface area contributed by atoms with Crippen molar-refractivity contribution in [2.75, 3.05) is 0 Å². The summed E-state index contributed by atoms with van der Waals surface area (Å²) in [7, 11) is -3.49. The third-order valence-corrected chi connectivity index (χ3v) is 6.92. The maximum Gasteiger partial charge on any atom is 0.242 e. The molecule has 1 saturated carbocycles. The Morgan fingerprint density at radius 1 is 1.29 bits per heavy atom. The minimum absolute atomic E-state index is 0.130. The minimum Gasteiger partial charge on any atom is -0.207 e. The molecule has 0 aliphatic heterocycles. The number of sulfonamides is 1. The quantitative estimate of drug-likeness (QED) is 0.835. The fourth-order valence-corrected chi connectivity index (χ4v) is 6.16. The van der Waals surface area contributed by atoms with E-state index in [1.807, 2.05) is 37.3 Å². The van der Waals surface area contributed by atoms with Crippen molar-refractivity contribution >= 4 is 37.3 Å². The van der Waals surface area contributed by atoms with Gasteiger partial charge in [0, 0.05) is 10.9 Å². The van der Waals surface area contributed by atoms with Gasteiger partial charge in [0.25, 0.3) is 0 Å². The van der Waals surface area contributed by atoms with Crippen LogP contribution in [0.1, 0.15) is 29.3 Å². The first-order valence-corrected chi connectivity index (χ1v) is 9.90. The molecule has 1 aliphatic rings. The lowest BCUT2D eigenvalue weighted by molar-refractivity contribution is 0.529. The Hall–Kier alpha value is -0.690. The molecule has 1 fully saturated rings. The van der Waals surface area contributed by atoms with Gasteiger partial charge in [0.05, 0.1) is 8.68 Å². The highest BCUT2D eigenvalue weighted by molar-refractivity contribution is 9.11. The highest BCUT2D eigenvalue weighted by Gasteiger charge is 2.35. The number of thiophene rings is 1. The molecule has 0 spiro atoms. The van der Waals surface area contributed by atoms with Crippen LogP contribution in [-0.2, 0) is 10.0 Å². The van der Waals surface area contributed by atoms with E-state index < -0.39 is 10.0 Å². The molecule has 0 bridgehead atoms. The van der Waals surface area contributed by atoms with E-state index in [0.29, 0.717) is 10.8 Å². The van der Waals surface area contributed by atoms with Crippen molar-refractivity contribution < 1.29 is 8.42 Å². The molecule has 3 rings (SSSR count). The van der Waals surface area contributed by atoms with Crippen molar-refractivity contribution in [2.45, 2.75) is 30.7 Å². The molecule has 1 unspecified atom stereocenters. The van der Waals surface area contributed by atoms with Gasteiger partial charge in [0.1, 0.15) is 0 Å². The standard InChI is InChI=1S/C15H16BrNO2S2/c1-10-13(9-14(16)20-10)21(18,19)17-15(12-7-8-12)11-5-3-2-4-6-11/h2-6,9,12,15,17H,7-8H2,1H3. The number of nitrogens with one attached hydrogen (secondary N) is 1. The van der Waals surface area contributed by atoms with Gasteiger partial charge < -0.3 is 0 Å². The number of rotatable bonds is 5. The first-order chi connectivity index (χ1) is 9.97. The average molecular weight is 386 g/mol. The lowest BCUT2D eigenvalue weighted by Crippen LogP contribution is -2.30. The van der Waals surface area contributed by atoms with E-state index in [1.54, 1.807) is 6.07 Å². The summed E-state index contributed by atoms with van der Waals surface area (Å²) in [5.74, 6) is 0.407. The predicted octanol–water partition coefficient (Wildman–Crippen LogP) is 4.25. The monoisotopic (exact) mass is 385 g/mol. The highest BCUT2D eigenvalue weighted by Crippen LogP contribution is 2.42. The van der Waals surface area contributed by atoms with Crippen LogP contribution in [0.4, 0.5) is 0 Å². The lowest BCUT2D eigenvalue weighted by atomic mass is 10.0. The molecule has 6 heteroatoms. The minimum atomic E-state index is -3.49. The molecule has 0 radical (unpaired) electrons. The number of benzene rings is 1. The van der Waals surface area contributed by atoms with E-state index in [4.69, 9.17) is 0 Å². The van der Waals surface area contributed by atoms with Gasteiger partial charge in [-0.3, -0.25) is 0 Å². The van der Waals surface area contributed by atoms with Crippen LogP contribution in [0.3, 0.4) is 0 Å². The van der Waals surface area contributed by atoms with Crippen LogP contribution in [0.2, 0.25) is 0 Å². The van der Waals surface area contributed by atoms with E-state index >= 15 is 0 Å². The van der Waals surface area contributed by atoms with Gasteiger partial charge in [0.2, 0.25) is 10.0 Å². The summed E-state index contributed by atoms with van der Waals surface area (Å²) in [6, 6.07) is 11.4. The normalized spacial score (nSPS) is 16.9. The molecule has 112 valence electrons. The van der Waals surface area contributed by atoms with Crippen molar-refractivity contribution in [1.29, 1.82) is 0 Å². The second-order valence-electron chi connectivity index (χ2n) is 5.32.